The molecule has 0 bridgehead atoms. The van der Waals surface area contributed by atoms with E-state index < -0.39 is 0 Å². The van der Waals surface area contributed by atoms with Crippen molar-refractivity contribution in [1.82, 2.24) is 10.2 Å². The van der Waals surface area contributed by atoms with Crippen LogP contribution in [0.3, 0.4) is 0 Å². The maximum absolute atomic E-state index is 6.04. The van der Waals surface area contributed by atoms with Gasteiger partial charge in [0.25, 0.3) is 0 Å². The summed E-state index contributed by atoms with van der Waals surface area (Å²) in [6.45, 7) is 11.3. The molecular weight excluding hydrogens is 314 g/mol. The van der Waals surface area contributed by atoms with Gasteiger partial charge in [-0.3, -0.25) is 4.99 Å². The molecule has 25 heavy (non-hydrogen) atoms. The lowest BCUT2D eigenvalue weighted by molar-refractivity contribution is -0.00831. The lowest BCUT2D eigenvalue weighted by atomic mass is 10.00. The molecule has 1 N–H and O–H groups in total. The Morgan fingerprint density at radius 3 is 2.92 bits per heavy atom. The Balaban J connectivity index is 1.88. The van der Waals surface area contributed by atoms with Gasteiger partial charge in [0.2, 0.25) is 0 Å². The summed E-state index contributed by atoms with van der Waals surface area (Å²) in [4.78, 5) is 6.76. The first-order valence-electron chi connectivity index (χ1n) is 9.37. The van der Waals surface area contributed by atoms with Crippen LogP contribution in [-0.4, -0.2) is 57.4 Å². The van der Waals surface area contributed by atoms with Crippen LogP contribution in [0, 0.1) is 13.8 Å². The molecule has 0 spiro atoms. The average molecular weight is 348 g/mol. The molecule has 1 aliphatic rings. The van der Waals surface area contributed by atoms with E-state index in [9.17, 15) is 0 Å². The molecule has 1 aliphatic heterocycles. The van der Waals surface area contributed by atoms with Crippen molar-refractivity contribution in [1.29, 1.82) is 0 Å². The van der Waals surface area contributed by atoms with Gasteiger partial charge in [-0.2, -0.15) is 0 Å². The van der Waals surface area contributed by atoms with E-state index in [-0.39, 0.29) is 6.10 Å². The van der Waals surface area contributed by atoms with E-state index in [4.69, 9.17) is 9.47 Å². The van der Waals surface area contributed by atoms with Crippen LogP contribution < -0.4 is 5.32 Å². The molecule has 140 valence electrons. The lowest BCUT2D eigenvalue weighted by Crippen LogP contribution is -2.48. The SMILES string of the molecule is CCOCCCCNC(=NC)N1CCOC(c2ccc(C)cc2C)C1. The zero-order valence-electron chi connectivity index (χ0n) is 16.2. The summed E-state index contributed by atoms with van der Waals surface area (Å²) >= 11 is 0. The zero-order chi connectivity index (χ0) is 18.1. The van der Waals surface area contributed by atoms with Crippen LogP contribution in [0.15, 0.2) is 23.2 Å². The summed E-state index contributed by atoms with van der Waals surface area (Å²) in [6, 6.07) is 6.59. The molecule has 0 radical (unpaired) electrons. The number of morpholine rings is 1. The first kappa shape index (κ1) is 19.7. The molecule has 1 aromatic carbocycles. The Kier molecular flexibility index (Phi) is 8.22. The fourth-order valence-corrected chi connectivity index (χ4v) is 3.22. The second kappa shape index (κ2) is 10.4. The minimum atomic E-state index is 0.103. The molecule has 0 aliphatic carbocycles. The highest BCUT2D eigenvalue weighted by atomic mass is 16.5. The highest BCUT2D eigenvalue weighted by molar-refractivity contribution is 5.80. The number of hydrogen-bond acceptors (Lipinski definition) is 3. The minimum Gasteiger partial charge on any atom is -0.382 e. The molecule has 5 heteroatoms. The maximum atomic E-state index is 6.04. The Labute approximate surface area is 152 Å². The molecule has 1 unspecified atom stereocenters. The fourth-order valence-electron chi connectivity index (χ4n) is 3.22. The van der Waals surface area contributed by atoms with Crippen LogP contribution in [-0.2, 0) is 9.47 Å². The third-order valence-corrected chi connectivity index (χ3v) is 4.55. The number of guanidine groups is 1. The van der Waals surface area contributed by atoms with Crippen molar-refractivity contribution < 1.29 is 9.47 Å². The van der Waals surface area contributed by atoms with Gasteiger partial charge in [-0.25, -0.2) is 0 Å². The number of aryl methyl sites for hydroxylation is 2. The van der Waals surface area contributed by atoms with Gasteiger partial charge >= 0.3 is 0 Å². The van der Waals surface area contributed by atoms with E-state index in [0.717, 1.165) is 58.3 Å². The van der Waals surface area contributed by atoms with Crippen LogP contribution in [0.5, 0.6) is 0 Å². The smallest absolute Gasteiger partial charge is 0.193 e. The quantitative estimate of drug-likeness (QED) is 0.468. The molecule has 2 rings (SSSR count). The third kappa shape index (κ3) is 6.01. The number of hydrogen-bond donors (Lipinski definition) is 1. The number of nitrogens with zero attached hydrogens (tertiary/aromatic N) is 2. The van der Waals surface area contributed by atoms with E-state index in [2.05, 4.69) is 47.3 Å². The minimum absolute atomic E-state index is 0.103. The Hall–Kier alpha value is -1.59. The van der Waals surface area contributed by atoms with Crippen LogP contribution in [0.25, 0.3) is 0 Å². The molecule has 1 fully saturated rings. The van der Waals surface area contributed by atoms with Gasteiger partial charge in [-0.05, 0) is 44.7 Å². The normalized spacial score (nSPS) is 18.5. The van der Waals surface area contributed by atoms with Crippen LogP contribution in [0.4, 0.5) is 0 Å². The summed E-state index contributed by atoms with van der Waals surface area (Å²) in [5.74, 6) is 0.967. The number of unbranched alkanes of at least 4 members (excludes halogenated alkanes) is 1. The van der Waals surface area contributed by atoms with Crippen molar-refractivity contribution >= 4 is 5.96 Å². The highest BCUT2D eigenvalue weighted by Gasteiger charge is 2.25. The highest BCUT2D eigenvalue weighted by Crippen LogP contribution is 2.25. The standard InChI is InChI=1S/C20H33N3O2/c1-5-24-12-7-6-10-22-20(21-4)23-11-13-25-19(15-23)18-9-8-16(2)14-17(18)3/h8-9,14,19H,5-7,10-13,15H2,1-4H3,(H,21,22). The number of rotatable bonds is 7. The summed E-state index contributed by atoms with van der Waals surface area (Å²) in [6.07, 6.45) is 2.27. The molecule has 5 nitrogen and oxygen atoms in total. The first-order valence-corrected chi connectivity index (χ1v) is 9.37. The first-order chi connectivity index (χ1) is 12.2. The second-order valence-electron chi connectivity index (χ2n) is 6.54. The van der Waals surface area contributed by atoms with Crippen LogP contribution in [0.2, 0.25) is 0 Å². The molecule has 1 aromatic rings. The van der Waals surface area contributed by atoms with Crippen molar-refractivity contribution in [3.63, 3.8) is 0 Å². The Bertz CT molecular complexity index is 560. The van der Waals surface area contributed by atoms with Crippen molar-refractivity contribution in [2.45, 2.75) is 39.7 Å². The average Bonchev–Trinajstić information content (AvgIpc) is 2.61. The summed E-state index contributed by atoms with van der Waals surface area (Å²) in [5, 5.41) is 3.48. The number of aliphatic imine (C=N–C) groups is 1. The Morgan fingerprint density at radius 2 is 2.20 bits per heavy atom. The predicted octanol–water partition coefficient (Wildman–Crippen LogP) is 3.07. The lowest BCUT2D eigenvalue weighted by Gasteiger charge is -2.35. The van der Waals surface area contributed by atoms with Gasteiger partial charge in [-0.15, -0.1) is 0 Å². The summed E-state index contributed by atoms with van der Waals surface area (Å²) in [5.41, 5.74) is 3.87. The van der Waals surface area contributed by atoms with Crippen molar-refractivity contribution in [2.75, 3.05) is 46.5 Å². The van der Waals surface area contributed by atoms with Crippen molar-refractivity contribution in [3.8, 4) is 0 Å². The molecule has 1 saturated heterocycles. The van der Waals surface area contributed by atoms with Gasteiger partial charge in [0.15, 0.2) is 5.96 Å². The number of ether oxygens (including phenoxy) is 2. The number of benzene rings is 1. The predicted molar refractivity (Wildman–Crippen MR) is 103 cm³/mol. The van der Waals surface area contributed by atoms with E-state index in [1.54, 1.807) is 0 Å². The monoisotopic (exact) mass is 347 g/mol. The molecular formula is C20H33N3O2. The molecule has 0 aromatic heterocycles. The maximum Gasteiger partial charge on any atom is 0.193 e. The van der Waals surface area contributed by atoms with Gasteiger partial charge < -0.3 is 19.7 Å². The summed E-state index contributed by atoms with van der Waals surface area (Å²) in [7, 11) is 1.85. The second-order valence-corrected chi connectivity index (χ2v) is 6.54. The van der Waals surface area contributed by atoms with E-state index in [1.807, 2.05) is 14.0 Å². The zero-order valence-corrected chi connectivity index (χ0v) is 16.2. The number of nitrogens with one attached hydrogen (secondary N) is 1. The van der Waals surface area contributed by atoms with E-state index in [1.165, 1.54) is 16.7 Å². The fraction of sp³-hybridized carbons (Fsp3) is 0.650. The molecule has 1 heterocycles. The van der Waals surface area contributed by atoms with Gasteiger partial charge in [0.1, 0.15) is 6.10 Å². The van der Waals surface area contributed by atoms with Gasteiger partial charge in [0, 0.05) is 33.4 Å². The van der Waals surface area contributed by atoms with Gasteiger partial charge in [-0.1, -0.05) is 23.8 Å². The molecule has 0 amide bonds. The van der Waals surface area contributed by atoms with E-state index in [0.29, 0.717) is 0 Å². The Morgan fingerprint density at radius 1 is 1.36 bits per heavy atom. The van der Waals surface area contributed by atoms with Crippen LogP contribution in [0.1, 0.15) is 42.6 Å². The third-order valence-electron chi connectivity index (χ3n) is 4.55. The summed E-state index contributed by atoms with van der Waals surface area (Å²) < 4.78 is 11.4. The van der Waals surface area contributed by atoms with Gasteiger partial charge in [0.05, 0.1) is 13.2 Å². The largest absolute Gasteiger partial charge is 0.382 e. The van der Waals surface area contributed by atoms with Crippen molar-refractivity contribution in [2.24, 2.45) is 4.99 Å². The van der Waals surface area contributed by atoms with Crippen molar-refractivity contribution in [3.05, 3.63) is 34.9 Å². The molecule has 1 atom stereocenters. The molecule has 0 saturated carbocycles. The topological polar surface area (TPSA) is 46.1 Å². The van der Waals surface area contributed by atoms with Crippen LogP contribution >= 0.6 is 0 Å². The van der Waals surface area contributed by atoms with E-state index >= 15 is 0 Å².